The van der Waals surface area contributed by atoms with Crippen LogP contribution in [0.1, 0.15) is 0 Å². The van der Waals surface area contributed by atoms with Gasteiger partial charge in [0.15, 0.2) is 0 Å². The average Bonchev–Trinajstić information content (AvgIpc) is 1.59. The van der Waals surface area contributed by atoms with Crippen molar-refractivity contribution in [3.8, 4) is 0 Å². The van der Waals surface area contributed by atoms with E-state index in [0.29, 0.717) is 0 Å². The van der Waals surface area contributed by atoms with Gasteiger partial charge < -0.3 is 4.52 Å². The maximum absolute atomic E-state index is 10.3. The van der Waals surface area contributed by atoms with E-state index in [1.54, 1.807) is 0 Å². The van der Waals surface area contributed by atoms with Crippen LogP contribution in [0.5, 0.6) is 0 Å². The van der Waals surface area contributed by atoms with E-state index in [-0.39, 0.29) is 16.5 Å². The first kappa shape index (κ1) is 12.0. The summed E-state index contributed by atoms with van der Waals surface area (Å²) in [5.74, 6) is 0. The summed E-state index contributed by atoms with van der Waals surface area (Å²) in [4.78, 5) is 0. The molecule has 0 radical (unpaired) electrons. The van der Waals surface area contributed by atoms with Crippen LogP contribution in [0.2, 0.25) is 0 Å². The molecule has 0 saturated heterocycles. The van der Waals surface area contributed by atoms with E-state index in [9.17, 15) is 4.57 Å². The fourth-order valence-corrected chi connectivity index (χ4v) is 0.508. The highest BCUT2D eigenvalue weighted by atomic mass is 31.2. The van der Waals surface area contributed by atoms with E-state index >= 15 is 0 Å². The molecule has 0 spiro atoms. The lowest BCUT2D eigenvalue weighted by molar-refractivity contribution is 0.354. The molecule has 0 aromatic carbocycles. The summed E-state index contributed by atoms with van der Waals surface area (Å²) in [6, 6.07) is 0. The van der Waals surface area contributed by atoms with Crippen molar-refractivity contribution >= 4 is 17.6 Å². The quantitative estimate of drug-likeness (QED) is 0.470. The van der Waals surface area contributed by atoms with Gasteiger partial charge in [0.25, 0.3) is 0 Å². The molecule has 0 heterocycles. The highest BCUT2D eigenvalue weighted by Crippen LogP contribution is 2.25. The SMILES string of the molecule is C=CCOP(N)(N)=O.P. The van der Waals surface area contributed by atoms with Gasteiger partial charge in [-0.3, -0.25) is 4.57 Å². The Morgan fingerprint density at radius 2 is 2.11 bits per heavy atom. The second-order valence-electron chi connectivity index (χ2n) is 1.23. The topological polar surface area (TPSA) is 78.3 Å². The second-order valence-corrected chi connectivity index (χ2v) is 2.78. The Morgan fingerprint density at radius 1 is 1.67 bits per heavy atom. The van der Waals surface area contributed by atoms with Crippen LogP contribution in [-0.2, 0) is 9.09 Å². The number of hydrogen-bond donors (Lipinski definition) is 2. The van der Waals surface area contributed by atoms with Crippen LogP contribution in [0.3, 0.4) is 0 Å². The van der Waals surface area contributed by atoms with Crippen LogP contribution in [0.15, 0.2) is 12.7 Å². The van der Waals surface area contributed by atoms with Gasteiger partial charge in [0.1, 0.15) is 0 Å². The lowest BCUT2D eigenvalue weighted by Crippen LogP contribution is -2.07. The lowest BCUT2D eigenvalue weighted by atomic mass is 10.7. The zero-order valence-electron chi connectivity index (χ0n) is 5.12. The minimum atomic E-state index is -3.25. The van der Waals surface area contributed by atoms with Crippen molar-refractivity contribution in [3.63, 3.8) is 0 Å². The highest BCUT2D eigenvalue weighted by molar-refractivity contribution is 7.53. The molecular formula is C3H12N2O2P2. The normalized spacial score (nSPS) is 10.0. The van der Waals surface area contributed by atoms with Gasteiger partial charge in [-0.2, -0.15) is 9.90 Å². The van der Waals surface area contributed by atoms with Crippen LogP contribution >= 0.6 is 17.6 Å². The van der Waals surface area contributed by atoms with Crippen molar-refractivity contribution in [2.24, 2.45) is 11.0 Å². The summed E-state index contributed by atoms with van der Waals surface area (Å²) in [5, 5.41) is 0. The predicted molar refractivity (Wildman–Crippen MR) is 43.2 cm³/mol. The maximum atomic E-state index is 10.3. The molecule has 4 N–H and O–H groups in total. The maximum Gasteiger partial charge on any atom is 0.335 e. The molecule has 0 amide bonds. The highest BCUT2D eigenvalue weighted by Gasteiger charge is 2.04. The Morgan fingerprint density at radius 3 is 2.22 bits per heavy atom. The first-order valence-electron chi connectivity index (χ1n) is 1.99. The minimum absolute atomic E-state index is 0. The van der Waals surface area contributed by atoms with Gasteiger partial charge in [0.05, 0.1) is 6.61 Å². The fraction of sp³-hybridized carbons (Fsp3) is 0.333. The minimum Gasteiger partial charge on any atom is -0.302 e. The number of rotatable bonds is 3. The van der Waals surface area contributed by atoms with Crippen molar-refractivity contribution in [1.82, 2.24) is 0 Å². The van der Waals surface area contributed by atoms with E-state index < -0.39 is 7.67 Å². The largest absolute Gasteiger partial charge is 0.335 e. The Labute approximate surface area is 57.8 Å². The molecule has 4 nitrogen and oxygen atoms in total. The molecule has 0 aliphatic rings. The average molecular weight is 170 g/mol. The molecule has 0 fully saturated rings. The first-order chi connectivity index (χ1) is 3.56. The van der Waals surface area contributed by atoms with Gasteiger partial charge in [0, 0.05) is 0 Å². The monoisotopic (exact) mass is 170 g/mol. The molecule has 6 heteroatoms. The summed E-state index contributed by atoms with van der Waals surface area (Å²) < 4.78 is 14.6. The molecule has 1 atom stereocenters. The molecule has 0 aromatic heterocycles. The molecule has 0 saturated carbocycles. The van der Waals surface area contributed by atoms with Crippen LogP contribution in [-0.4, -0.2) is 6.61 Å². The van der Waals surface area contributed by atoms with Gasteiger partial charge in [-0.05, 0) is 0 Å². The van der Waals surface area contributed by atoms with Crippen LogP contribution in [0.25, 0.3) is 0 Å². The van der Waals surface area contributed by atoms with Crippen molar-refractivity contribution in [2.75, 3.05) is 6.61 Å². The first-order valence-corrected chi connectivity index (χ1v) is 3.75. The Hall–Kier alpha value is 0.280. The summed E-state index contributed by atoms with van der Waals surface area (Å²) in [6.45, 7) is 3.44. The van der Waals surface area contributed by atoms with Crippen molar-refractivity contribution in [2.45, 2.75) is 0 Å². The van der Waals surface area contributed by atoms with E-state index in [2.05, 4.69) is 11.1 Å². The molecule has 56 valence electrons. The summed E-state index contributed by atoms with van der Waals surface area (Å²) in [6.07, 6.45) is 1.42. The van der Waals surface area contributed by atoms with Crippen LogP contribution < -0.4 is 11.0 Å². The number of hydrogen-bond acceptors (Lipinski definition) is 2. The standard InChI is InChI=1S/C3H9N2O2P.H3P/c1-2-3-7-8(4,5)6;/h2H,1,3H2,(H4,4,5,6);1H3. The third-order valence-electron chi connectivity index (χ3n) is 0.394. The molecule has 0 rings (SSSR count). The van der Waals surface area contributed by atoms with Crippen molar-refractivity contribution < 1.29 is 9.09 Å². The van der Waals surface area contributed by atoms with E-state index in [1.165, 1.54) is 6.08 Å². The fourth-order valence-electron chi connectivity index (χ4n) is 0.169. The lowest BCUT2D eigenvalue weighted by Gasteiger charge is -2.02. The zero-order chi connectivity index (χ0) is 6.62. The second kappa shape index (κ2) is 5.10. The van der Waals surface area contributed by atoms with E-state index in [1.807, 2.05) is 0 Å². The molecular weight excluding hydrogens is 158 g/mol. The summed E-state index contributed by atoms with van der Waals surface area (Å²) in [7, 11) is -3.25. The summed E-state index contributed by atoms with van der Waals surface area (Å²) in [5.41, 5.74) is 9.57. The molecule has 0 aliphatic heterocycles. The van der Waals surface area contributed by atoms with Gasteiger partial charge in [-0.1, -0.05) is 6.08 Å². The van der Waals surface area contributed by atoms with E-state index in [4.69, 9.17) is 11.0 Å². The molecule has 0 aromatic rings. The van der Waals surface area contributed by atoms with Crippen LogP contribution in [0.4, 0.5) is 0 Å². The third kappa shape index (κ3) is 11.7. The number of nitrogens with two attached hydrogens (primary N) is 2. The molecule has 0 bridgehead atoms. The summed E-state index contributed by atoms with van der Waals surface area (Å²) >= 11 is 0. The molecule has 1 unspecified atom stereocenters. The van der Waals surface area contributed by atoms with Crippen molar-refractivity contribution in [3.05, 3.63) is 12.7 Å². The molecule has 9 heavy (non-hydrogen) atoms. The van der Waals surface area contributed by atoms with Crippen LogP contribution in [0, 0.1) is 0 Å². The van der Waals surface area contributed by atoms with Crippen molar-refractivity contribution in [1.29, 1.82) is 0 Å². The third-order valence-corrected chi connectivity index (χ3v) is 0.947. The Balaban J connectivity index is 0. The molecule has 0 aliphatic carbocycles. The smallest absolute Gasteiger partial charge is 0.302 e. The van der Waals surface area contributed by atoms with Gasteiger partial charge in [-0.15, -0.1) is 6.58 Å². The van der Waals surface area contributed by atoms with E-state index in [0.717, 1.165) is 0 Å². The Kier molecular flexibility index (Phi) is 6.80. The predicted octanol–water partition coefficient (Wildman–Crippen LogP) is 0.273. The Bertz CT molecular complexity index is 121. The van der Waals surface area contributed by atoms with Gasteiger partial charge >= 0.3 is 7.67 Å². The van der Waals surface area contributed by atoms with Gasteiger partial charge in [0.2, 0.25) is 0 Å². The zero-order valence-corrected chi connectivity index (χ0v) is 7.43. The van der Waals surface area contributed by atoms with Gasteiger partial charge in [-0.25, -0.2) is 11.0 Å².